The van der Waals surface area contributed by atoms with E-state index in [1.807, 2.05) is 30.3 Å². The average Bonchev–Trinajstić information content (AvgIpc) is 2.91. The van der Waals surface area contributed by atoms with Gasteiger partial charge in [0.2, 0.25) is 0 Å². The van der Waals surface area contributed by atoms with Gasteiger partial charge in [-0.1, -0.05) is 42.5 Å². The molecule has 2 heterocycles. The summed E-state index contributed by atoms with van der Waals surface area (Å²) in [6.07, 6.45) is 1.45. The van der Waals surface area contributed by atoms with Crippen LogP contribution in [0.25, 0.3) is 0 Å². The van der Waals surface area contributed by atoms with Crippen molar-refractivity contribution in [3.63, 3.8) is 0 Å². The van der Waals surface area contributed by atoms with Gasteiger partial charge in [0.25, 0.3) is 11.8 Å². The molecule has 2 fully saturated rings. The van der Waals surface area contributed by atoms with E-state index >= 15 is 0 Å². The lowest BCUT2D eigenvalue weighted by Gasteiger charge is -2.36. The van der Waals surface area contributed by atoms with E-state index in [1.54, 1.807) is 5.01 Å². The van der Waals surface area contributed by atoms with E-state index in [0.29, 0.717) is 25.8 Å². The molecule has 1 unspecified atom stereocenters. The van der Waals surface area contributed by atoms with E-state index in [1.165, 1.54) is 5.01 Å². The molecule has 132 valence electrons. The van der Waals surface area contributed by atoms with E-state index < -0.39 is 24.0 Å². The number of nitrogens with zero attached hydrogens (tertiary/aromatic N) is 2. The molecule has 0 aromatic heterocycles. The van der Waals surface area contributed by atoms with Crippen LogP contribution in [0.4, 0.5) is 0 Å². The van der Waals surface area contributed by atoms with E-state index in [-0.39, 0.29) is 17.3 Å². The minimum atomic E-state index is -1.02. The van der Waals surface area contributed by atoms with Crippen molar-refractivity contribution in [2.24, 2.45) is 0 Å². The number of fused-ring (bicyclic) bond motifs is 1. The number of hydrazine groups is 1. The molecule has 0 spiro atoms. The summed E-state index contributed by atoms with van der Waals surface area (Å²) in [6, 6.07) is 7.75. The Bertz CT molecular complexity index is 709. The highest BCUT2D eigenvalue weighted by molar-refractivity contribution is 7.82. The molecule has 2 aliphatic rings. The first-order valence-corrected chi connectivity index (χ1v) is 8.56. The van der Waals surface area contributed by atoms with Crippen molar-refractivity contribution in [3.05, 3.63) is 35.9 Å². The maximum atomic E-state index is 12.5. The molecule has 1 aromatic rings. The molecular formula is C17H19N3O4S. The Kier molecular flexibility index (Phi) is 5.10. The minimum absolute atomic E-state index is 0.202. The largest absolute Gasteiger partial charge is 0.480 e. The Labute approximate surface area is 150 Å². The monoisotopic (exact) mass is 361 g/mol. The number of carbonyl (C=O) groups is 3. The Morgan fingerprint density at radius 1 is 1.28 bits per heavy atom. The number of benzene rings is 1. The summed E-state index contributed by atoms with van der Waals surface area (Å²) in [6.45, 7) is 0.888. The van der Waals surface area contributed by atoms with Crippen LogP contribution >= 0.6 is 12.2 Å². The van der Waals surface area contributed by atoms with Crippen LogP contribution in [0.2, 0.25) is 0 Å². The van der Waals surface area contributed by atoms with Crippen LogP contribution in [0.15, 0.2) is 30.3 Å². The zero-order valence-corrected chi connectivity index (χ0v) is 14.4. The summed E-state index contributed by atoms with van der Waals surface area (Å²) in [5, 5.41) is 14.9. The predicted octanol–water partition coefficient (Wildman–Crippen LogP) is 0.390. The maximum absolute atomic E-state index is 12.5. The van der Waals surface area contributed by atoms with Gasteiger partial charge in [0, 0.05) is 19.5 Å². The van der Waals surface area contributed by atoms with Crippen LogP contribution in [0.3, 0.4) is 0 Å². The number of hydrogen-bond donors (Lipinski definition) is 2. The van der Waals surface area contributed by atoms with Gasteiger partial charge in [-0.15, -0.1) is 0 Å². The first kappa shape index (κ1) is 17.5. The van der Waals surface area contributed by atoms with Crippen molar-refractivity contribution in [3.8, 4) is 0 Å². The molecule has 3 rings (SSSR count). The Morgan fingerprint density at radius 2 is 2.00 bits per heavy atom. The first-order chi connectivity index (χ1) is 12.0. The van der Waals surface area contributed by atoms with Crippen LogP contribution < -0.4 is 5.32 Å². The molecule has 2 amide bonds. The number of nitrogens with one attached hydrogen (secondary N) is 1. The van der Waals surface area contributed by atoms with Gasteiger partial charge >= 0.3 is 5.97 Å². The zero-order chi connectivity index (χ0) is 18.0. The van der Waals surface area contributed by atoms with Crippen LogP contribution in [0.5, 0.6) is 0 Å². The fourth-order valence-electron chi connectivity index (χ4n) is 3.25. The summed E-state index contributed by atoms with van der Waals surface area (Å²) < 4.78 is 0. The van der Waals surface area contributed by atoms with Crippen molar-refractivity contribution >= 4 is 34.9 Å². The summed E-state index contributed by atoms with van der Waals surface area (Å²) in [5.41, 5.74) is 0.924. The van der Waals surface area contributed by atoms with Gasteiger partial charge in [0.15, 0.2) is 0 Å². The van der Waals surface area contributed by atoms with E-state index in [9.17, 15) is 19.5 Å². The third-order valence-corrected chi connectivity index (χ3v) is 4.79. The standard InChI is InChI=1S/C17H19N3O4S/c21-15(14(25)9-11-5-2-1-3-6-11)18-12-10-19-8-4-7-13(17(23)24)20(19)16(12)22/h1-3,5-6,12-13H,4,7-10H2,(H,18,21)(H,23,24)/t12?,13-/m0/s1. The number of carbonyl (C=O) groups excluding carboxylic acids is 2. The Hall–Kier alpha value is -2.32. The normalized spacial score (nSPS) is 23.2. The van der Waals surface area contributed by atoms with E-state index in [4.69, 9.17) is 12.2 Å². The fourth-order valence-corrected chi connectivity index (χ4v) is 3.48. The van der Waals surface area contributed by atoms with Crippen molar-refractivity contribution in [2.75, 3.05) is 13.1 Å². The smallest absolute Gasteiger partial charge is 0.328 e. The van der Waals surface area contributed by atoms with Crippen molar-refractivity contribution in [2.45, 2.75) is 31.3 Å². The second kappa shape index (κ2) is 7.28. The molecule has 25 heavy (non-hydrogen) atoms. The third kappa shape index (κ3) is 3.69. The van der Waals surface area contributed by atoms with Gasteiger partial charge in [0.05, 0.1) is 4.86 Å². The van der Waals surface area contributed by atoms with Crippen LogP contribution in [-0.4, -0.2) is 62.9 Å². The van der Waals surface area contributed by atoms with Gasteiger partial charge < -0.3 is 10.4 Å². The first-order valence-electron chi connectivity index (χ1n) is 8.15. The summed E-state index contributed by atoms with van der Waals surface area (Å²) in [7, 11) is 0. The van der Waals surface area contributed by atoms with Gasteiger partial charge in [-0.25, -0.2) is 9.80 Å². The highest BCUT2D eigenvalue weighted by atomic mass is 32.1. The number of rotatable bonds is 5. The van der Waals surface area contributed by atoms with Gasteiger partial charge in [-0.05, 0) is 18.4 Å². The number of carboxylic acids is 1. The molecule has 1 aromatic carbocycles. The highest BCUT2D eigenvalue weighted by Crippen LogP contribution is 2.24. The zero-order valence-electron chi connectivity index (χ0n) is 13.6. The molecule has 7 nitrogen and oxygen atoms in total. The molecule has 0 bridgehead atoms. The topological polar surface area (TPSA) is 89.9 Å². The summed E-state index contributed by atoms with van der Waals surface area (Å²) >= 11 is 5.18. The predicted molar refractivity (Wildman–Crippen MR) is 93.8 cm³/mol. The lowest BCUT2D eigenvalue weighted by Crippen LogP contribution is -2.54. The maximum Gasteiger partial charge on any atom is 0.328 e. The van der Waals surface area contributed by atoms with E-state index in [2.05, 4.69) is 5.32 Å². The van der Waals surface area contributed by atoms with Crippen molar-refractivity contribution in [1.82, 2.24) is 15.3 Å². The quantitative estimate of drug-likeness (QED) is 0.738. The second-order valence-electron chi connectivity index (χ2n) is 6.20. The van der Waals surface area contributed by atoms with Gasteiger partial charge in [-0.3, -0.25) is 14.6 Å². The molecular weight excluding hydrogens is 342 g/mol. The average molecular weight is 361 g/mol. The molecule has 0 radical (unpaired) electrons. The molecule has 0 aliphatic carbocycles. The Morgan fingerprint density at radius 3 is 2.68 bits per heavy atom. The van der Waals surface area contributed by atoms with Crippen molar-refractivity contribution < 1.29 is 19.5 Å². The van der Waals surface area contributed by atoms with Crippen LogP contribution in [0.1, 0.15) is 18.4 Å². The minimum Gasteiger partial charge on any atom is -0.480 e. The number of hydrogen-bond acceptors (Lipinski definition) is 5. The SMILES string of the molecule is O=C(NC1CN2CCC[C@@H](C(=O)O)N2C1=O)C(=S)Cc1ccccc1. The molecule has 2 N–H and O–H groups in total. The molecule has 2 atom stereocenters. The lowest BCUT2D eigenvalue weighted by molar-refractivity contribution is -0.164. The third-order valence-electron chi connectivity index (χ3n) is 4.46. The second-order valence-corrected chi connectivity index (χ2v) is 6.70. The Balaban J connectivity index is 1.63. The lowest BCUT2D eigenvalue weighted by atomic mass is 10.1. The molecule has 2 aliphatic heterocycles. The van der Waals surface area contributed by atoms with Crippen LogP contribution in [0, 0.1) is 0 Å². The number of carboxylic acid groups (broad SMARTS) is 1. The summed E-state index contributed by atoms with van der Waals surface area (Å²) in [4.78, 5) is 36.4. The van der Waals surface area contributed by atoms with Gasteiger partial charge in [0.1, 0.15) is 12.1 Å². The number of thiocarbonyl (C=S) groups is 1. The van der Waals surface area contributed by atoms with Gasteiger partial charge in [-0.2, -0.15) is 0 Å². The summed E-state index contributed by atoms with van der Waals surface area (Å²) in [5.74, 6) is -1.86. The molecule has 0 saturated carbocycles. The fraction of sp³-hybridized carbons (Fsp3) is 0.412. The van der Waals surface area contributed by atoms with E-state index in [0.717, 1.165) is 5.56 Å². The van der Waals surface area contributed by atoms with Crippen molar-refractivity contribution in [1.29, 1.82) is 0 Å². The molecule has 2 saturated heterocycles. The number of aliphatic carboxylic acids is 1. The highest BCUT2D eigenvalue weighted by Gasteiger charge is 2.46. The molecule has 8 heteroatoms. The van der Waals surface area contributed by atoms with Crippen LogP contribution in [-0.2, 0) is 20.8 Å². The number of amides is 2.